The number of rotatable bonds is 3. The zero-order chi connectivity index (χ0) is 13.9. The van der Waals surface area contributed by atoms with Gasteiger partial charge in [0.05, 0.1) is 0 Å². The third-order valence-electron chi connectivity index (χ3n) is 4.27. The molecule has 1 amide bonds. The molecular weight excluding hydrogens is 254 g/mol. The zero-order valence-electron chi connectivity index (χ0n) is 11.8. The van der Waals surface area contributed by atoms with Gasteiger partial charge in [-0.25, -0.2) is 0 Å². The van der Waals surface area contributed by atoms with Crippen LogP contribution in [-0.2, 0) is 0 Å². The van der Waals surface area contributed by atoms with E-state index in [0.717, 1.165) is 18.9 Å². The van der Waals surface area contributed by atoms with Gasteiger partial charge >= 0.3 is 0 Å². The maximum absolute atomic E-state index is 11.5. The Bertz CT molecular complexity index is 469. The van der Waals surface area contributed by atoms with E-state index in [2.05, 4.69) is 25.7 Å². The van der Waals surface area contributed by atoms with Gasteiger partial charge in [-0.3, -0.25) is 4.79 Å². The van der Waals surface area contributed by atoms with E-state index < -0.39 is 0 Å². The molecule has 2 atom stereocenters. The molecule has 2 saturated heterocycles. The Morgan fingerprint density at radius 2 is 2.25 bits per heavy atom. The van der Waals surface area contributed by atoms with Crippen molar-refractivity contribution >= 4 is 11.7 Å². The highest BCUT2D eigenvalue weighted by Gasteiger charge is 2.34. The molecule has 6 heteroatoms. The monoisotopic (exact) mass is 275 g/mol. The SMILES string of the molecule is CNC(=O)c1ccc(N2CCCC2C2CCCN2)nn1. The average Bonchev–Trinajstić information content (AvgIpc) is 3.16. The van der Waals surface area contributed by atoms with Crippen LogP contribution in [0.25, 0.3) is 0 Å². The van der Waals surface area contributed by atoms with Crippen LogP contribution in [0.5, 0.6) is 0 Å². The normalized spacial score (nSPS) is 25.9. The summed E-state index contributed by atoms with van der Waals surface area (Å²) in [6, 6.07) is 4.74. The van der Waals surface area contributed by atoms with Crippen molar-refractivity contribution in [3.8, 4) is 0 Å². The molecule has 3 heterocycles. The van der Waals surface area contributed by atoms with Crippen LogP contribution < -0.4 is 15.5 Å². The minimum atomic E-state index is -0.195. The Labute approximate surface area is 118 Å². The lowest BCUT2D eigenvalue weighted by atomic mass is 10.0. The van der Waals surface area contributed by atoms with Crippen molar-refractivity contribution in [2.45, 2.75) is 37.8 Å². The third-order valence-corrected chi connectivity index (χ3v) is 4.27. The van der Waals surface area contributed by atoms with E-state index in [-0.39, 0.29) is 5.91 Å². The standard InChI is InChI=1S/C14H21N5O/c1-15-14(20)11-6-7-13(18-17-11)19-9-3-5-12(19)10-4-2-8-16-10/h6-7,10,12,16H,2-5,8-9H2,1H3,(H,15,20). The summed E-state index contributed by atoms with van der Waals surface area (Å²) in [5.74, 6) is 0.688. The Morgan fingerprint density at radius 1 is 1.35 bits per heavy atom. The first-order valence-corrected chi connectivity index (χ1v) is 7.35. The van der Waals surface area contributed by atoms with E-state index in [1.165, 1.54) is 25.7 Å². The smallest absolute Gasteiger partial charge is 0.271 e. The predicted octanol–water partition coefficient (Wildman–Crippen LogP) is 0.557. The summed E-state index contributed by atoms with van der Waals surface area (Å²) in [4.78, 5) is 13.8. The first-order valence-electron chi connectivity index (χ1n) is 7.35. The van der Waals surface area contributed by atoms with Gasteiger partial charge in [0.2, 0.25) is 0 Å². The fraction of sp³-hybridized carbons (Fsp3) is 0.643. The molecule has 0 saturated carbocycles. The molecule has 2 N–H and O–H groups in total. The topological polar surface area (TPSA) is 70.2 Å². The molecular formula is C14H21N5O. The molecule has 0 bridgehead atoms. The van der Waals surface area contributed by atoms with E-state index in [1.807, 2.05) is 6.07 Å². The van der Waals surface area contributed by atoms with Crippen molar-refractivity contribution in [2.75, 3.05) is 25.0 Å². The molecule has 0 aliphatic carbocycles. The molecule has 20 heavy (non-hydrogen) atoms. The summed E-state index contributed by atoms with van der Waals surface area (Å²) in [7, 11) is 1.60. The molecule has 6 nitrogen and oxygen atoms in total. The Hall–Kier alpha value is -1.69. The summed E-state index contributed by atoms with van der Waals surface area (Å²) in [6.07, 6.45) is 4.90. The summed E-state index contributed by atoms with van der Waals surface area (Å²) >= 11 is 0. The molecule has 108 valence electrons. The first-order chi connectivity index (χ1) is 9.79. The maximum Gasteiger partial charge on any atom is 0.271 e. The van der Waals surface area contributed by atoms with Crippen LogP contribution in [0.2, 0.25) is 0 Å². The largest absolute Gasteiger partial charge is 0.354 e. The molecule has 2 aliphatic rings. The van der Waals surface area contributed by atoms with Gasteiger partial charge in [0.15, 0.2) is 11.5 Å². The number of carbonyl (C=O) groups excluding carboxylic acids is 1. The summed E-state index contributed by atoms with van der Waals surface area (Å²) in [5, 5.41) is 14.4. The van der Waals surface area contributed by atoms with Gasteiger partial charge in [0.25, 0.3) is 5.91 Å². The molecule has 0 aromatic carbocycles. The van der Waals surface area contributed by atoms with Crippen LogP contribution >= 0.6 is 0 Å². The van der Waals surface area contributed by atoms with Gasteiger partial charge in [0, 0.05) is 25.7 Å². The highest BCUT2D eigenvalue weighted by atomic mass is 16.1. The lowest BCUT2D eigenvalue weighted by molar-refractivity contribution is 0.0957. The Kier molecular flexibility index (Phi) is 3.82. The van der Waals surface area contributed by atoms with Gasteiger partial charge < -0.3 is 15.5 Å². The number of nitrogens with one attached hydrogen (secondary N) is 2. The summed E-state index contributed by atoms with van der Waals surface area (Å²) in [5.41, 5.74) is 0.367. The highest BCUT2D eigenvalue weighted by Crippen LogP contribution is 2.28. The number of nitrogens with zero attached hydrogens (tertiary/aromatic N) is 3. The zero-order valence-corrected chi connectivity index (χ0v) is 11.8. The van der Waals surface area contributed by atoms with E-state index in [4.69, 9.17) is 0 Å². The van der Waals surface area contributed by atoms with E-state index in [9.17, 15) is 4.79 Å². The van der Waals surface area contributed by atoms with Gasteiger partial charge in [-0.1, -0.05) is 0 Å². The molecule has 0 spiro atoms. The van der Waals surface area contributed by atoms with Crippen LogP contribution in [-0.4, -0.2) is 48.3 Å². The fourth-order valence-corrected chi connectivity index (χ4v) is 3.26. The lowest BCUT2D eigenvalue weighted by Crippen LogP contribution is -2.44. The van der Waals surface area contributed by atoms with Crippen LogP contribution in [0, 0.1) is 0 Å². The van der Waals surface area contributed by atoms with Crippen molar-refractivity contribution in [2.24, 2.45) is 0 Å². The molecule has 0 radical (unpaired) electrons. The van der Waals surface area contributed by atoms with Gasteiger partial charge in [-0.2, -0.15) is 0 Å². The predicted molar refractivity (Wildman–Crippen MR) is 76.8 cm³/mol. The second-order valence-electron chi connectivity index (χ2n) is 5.46. The number of anilines is 1. The fourth-order valence-electron chi connectivity index (χ4n) is 3.26. The molecule has 2 fully saturated rings. The van der Waals surface area contributed by atoms with Crippen molar-refractivity contribution in [3.05, 3.63) is 17.8 Å². The second-order valence-corrected chi connectivity index (χ2v) is 5.46. The van der Waals surface area contributed by atoms with E-state index in [0.29, 0.717) is 17.8 Å². The quantitative estimate of drug-likeness (QED) is 0.843. The Morgan fingerprint density at radius 3 is 2.90 bits per heavy atom. The first kappa shape index (κ1) is 13.3. The van der Waals surface area contributed by atoms with Gasteiger partial charge in [0.1, 0.15) is 0 Å². The van der Waals surface area contributed by atoms with Gasteiger partial charge in [-0.05, 0) is 44.4 Å². The van der Waals surface area contributed by atoms with Crippen molar-refractivity contribution in [3.63, 3.8) is 0 Å². The number of carbonyl (C=O) groups is 1. The number of aromatic nitrogens is 2. The summed E-state index contributed by atoms with van der Waals surface area (Å²) < 4.78 is 0. The number of hydrogen-bond donors (Lipinski definition) is 2. The van der Waals surface area contributed by atoms with Crippen LogP contribution in [0.4, 0.5) is 5.82 Å². The van der Waals surface area contributed by atoms with Crippen molar-refractivity contribution in [1.82, 2.24) is 20.8 Å². The van der Waals surface area contributed by atoms with Crippen LogP contribution in [0.15, 0.2) is 12.1 Å². The highest BCUT2D eigenvalue weighted by molar-refractivity contribution is 5.91. The maximum atomic E-state index is 11.5. The molecule has 1 aromatic heterocycles. The number of amides is 1. The van der Waals surface area contributed by atoms with Crippen LogP contribution in [0.3, 0.4) is 0 Å². The van der Waals surface area contributed by atoms with Crippen molar-refractivity contribution < 1.29 is 4.79 Å². The minimum Gasteiger partial charge on any atom is -0.354 e. The van der Waals surface area contributed by atoms with Crippen molar-refractivity contribution in [1.29, 1.82) is 0 Å². The molecule has 2 aliphatic heterocycles. The number of hydrogen-bond acceptors (Lipinski definition) is 5. The summed E-state index contributed by atoms with van der Waals surface area (Å²) in [6.45, 7) is 2.15. The van der Waals surface area contributed by atoms with E-state index in [1.54, 1.807) is 13.1 Å². The third kappa shape index (κ3) is 2.47. The lowest BCUT2D eigenvalue weighted by Gasteiger charge is -2.30. The minimum absolute atomic E-state index is 0.195. The van der Waals surface area contributed by atoms with E-state index >= 15 is 0 Å². The van der Waals surface area contributed by atoms with Crippen LogP contribution in [0.1, 0.15) is 36.2 Å². The molecule has 3 rings (SSSR count). The van der Waals surface area contributed by atoms with Gasteiger partial charge in [-0.15, -0.1) is 10.2 Å². The Balaban J connectivity index is 1.75. The molecule has 1 aromatic rings. The second kappa shape index (κ2) is 5.75. The molecule has 2 unspecified atom stereocenters. The average molecular weight is 275 g/mol.